The lowest BCUT2D eigenvalue weighted by Gasteiger charge is -2.14. The highest BCUT2D eigenvalue weighted by Gasteiger charge is 2.18. The number of rotatable bonds is 6. The van der Waals surface area contributed by atoms with E-state index < -0.39 is 0 Å². The summed E-state index contributed by atoms with van der Waals surface area (Å²) in [5.41, 5.74) is 1.93. The predicted octanol–water partition coefficient (Wildman–Crippen LogP) is 2.97. The lowest BCUT2D eigenvalue weighted by molar-refractivity contribution is -0.116. The predicted molar refractivity (Wildman–Crippen MR) is 78.0 cm³/mol. The van der Waals surface area contributed by atoms with E-state index in [0.29, 0.717) is 0 Å². The third-order valence-corrected chi connectivity index (χ3v) is 4.13. The summed E-state index contributed by atoms with van der Waals surface area (Å²) in [6.07, 6.45) is 1.56. The summed E-state index contributed by atoms with van der Waals surface area (Å²) in [6.45, 7) is 4.18. The second kappa shape index (κ2) is 7.54. The van der Waals surface area contributed by atoms with Gasteiger partial charge in [-0.2, -0.15) is 0 Å². The van der Waals surface area contributed by atoms with Crippen molar-refractivity contribution in [2.75, 3.05) is 11.9 Å². The summed E-state index contributed by atoms with van der Waals surface area (Å²) in [5.74, 6) is 0.229. The highest BCUT2D eigenvalue weighted by Crippen LogP contribution is 2.17. The van der Waals surface area contributed by atoms with Gasteiger partial charge in [0.2, 0.25) is 5.91 Å². The molecule has 18 heavy (non-hydrogen) atoms. The van der Waals surface area contributed by atoms with Gasteiger partial charge in [-0.3, -0.25) is 4.79 Å². The van der Waals surface area contributed by atoms with E-state index in [9.17, 15) is 4.79 Å². The Hall–Kier alpha value is -0.870. The summed E-state index contributed by atoms with van der Waals surface area (Å²) >= 11 is 3.38. The molecule has 2 N–H and O–H groups in total. The molecule has 0 heterocycles. The molecule has 100 valence electrons. The summed E-state index contributed by atoms with van der Waals surface area (Å²) in [5, 5.41) is 11.7. The number of amides is 1. The van der Waals surface area contributed by atoms with Crippen LogP contribution in [0.2, 0.25) is 0 Å². The van der Waals surface area contributed by atoms with Gasteiger partial charge in [0.15, 0.2) is 0 Å². The van der Waals surface area contributed by atoms with Crippen molar-refractivity contribution in [3.8, 4) is 0 Å². The van der Waals surface area contributed by atoms with Gasteiger partial charge in [0, 0.05) is 12.3 Å². The number of alkyl halides is 1. The first-order valence-electron chi connectivity index (χ1n) is 6.19. The van der Waals surface area contributed by atoms with Gasteiger partial charge in [-0.05, 0) is 36.5 Å². The van der Waals surface area contributed by atoms with Gasteiger partial charge in [-0.15, -0.1) is 0 Å². The van der Waals surface area contributed by atoms with Crippen LogP contribution in [0.1, 0.15) is 25.8 Å². The van der Waals surface area contributed by atoms with Crippen LogP contribution >= 0.6 is 15.9 Å². The Kier molecular flexibility index (Phi) is 6.36. The van der Waals surface area contributed by atoms with Gasteiger partial charge in [0.1, 0.15) is 0 Å². The molecule has 0 radical (unpaired) electrons. The summed E-state index contributed by atoms with van der Waals surface area (Å²) < 4.78 is 0. The van der Waals surface area contributed by atoms with Crippen LogP contribution in [0.15, 0.2) is 24.3 Å². The van der Waals surface area contributed by atoms with E-state index in [2.05, 4.69) is 21.2 Å². The minimum atomic E-state index is -0.182. The van der Waals surface area contributed by atoms with E-state index in [1.165, 1.54) is 0 Å². The molecule has 1 aromatic carbocycles. The molecule has 0 saturated carbocycles. The quantitative estimate of drug-likeness (QED) is 0.793. The molecule has 3 nitrogen and oxygen atoms in total. The van der Waals surface area contributed by atoms with E-state index >= 15 is 0 Å². The molecular formula is C14H20BrNO2. The second-order valence-electron chi connectivity index (χ2n) is 4.66. The molecular weight excluding hydrogens is 294 g/mol. The van der Waals surface area contributed by atoms with Crippen molar-refractivity contribution in [3.05, 3.63) is 29.8 Å². The monoisotopic (exact) mass is 313 g/mol. The first kappa shape index (κ1) is 15.2. The number of carbonyl (C=O) groups excluding carboxylic acids is 1. The van der Waals surface area contributed by atoms with Crippen LogP contribution in [0.25, 0.3) is 0 Å². The van der Waals surface area contributed by atoms with Crippen LogP contribution in [0, 0.1) is 5.92 Å². The lowest BCUT2D eigenvalue weighted by atomic mass is 10.1. The normalized spacial score (nSPS) is 12.5. The smallest absolute Gasteiger partial charge is 0.238 e. The maximum atomic E-state index is 11.9. The van der Waals surface area contributed by atoms with E-state index in [1.54, 1.807) is 0 Å². The van der Waals surface area contributed by atoms with Crippen LogP contribution < -0.4 is 5.32 Å². The first-order chi connectivity index (χ1) is 8.54. The van der Waals surface area contributed by atoms with E-state index in [0.717, 1.165) is 24.1 Å². The number of nitrogens with one attached hydrogen (secondary N) is 1. The van der Waals surface area contributed by atoms with E-state index in [1.807, 2.05) is 38.1 Å². The fourth-order valence-electron chi connectivity index (χ4n) is 1.60. The Morgan fingerprint density at radius 3 is 2.78 bits per heavy atom. The fraction of sp³-hybridized carbons (Fsp3) is 0.500. The molecule has 4 heteroatoms. The number of hydrogen-bond donors (Lipinski definition) is 2. The van der Waals surface area contributed by atoms with Gasteiger partial charge in [0.05, 0.1) is 4.83 Å². The zero-order chi connectivity index (χ0) is 13.5. The van der Waals surface area contributed by atoms with Gasteiger partial charge in [0.25, 0.3) is 0 Å². The Balaban J connectivity index is 2.64. The van der Waals surface area contributed by atoms with E-state index in [4.69, 9.17) is 5.11 Å². The van der Waals surface area contributed by atoms with Gasteiger partial charge in [-0.25, -0.2) is 0 Å². The molecule has 0 aromatic heterocycles. The van der Waals surface area contributed by atoms with Crippen molar-refractivity contribution < 1.29 is 9.90 Å². The van der Waals surface area contributed by atoms with Crippen molar-refractivity contribution in [3.63, 3.8) is 0 Å². The molecule has 1 rings (SSSR count). The van der Waals surface area contributed by atoms with Crippen molar-refractivity contribution in [1.29, 1.82) is 0 Å². The lowest BCUT2D eigenvalue weighted by Crippen LogP contribution is -2.26. The Morgan fingerprint density at radius 2 is 2.17 bits per heavy atom. The summed E-state index contributed by atoms with van der Waals surface area (Å²) in [4.78, 5) is 11.7. The Labute approximate surface area is 117 Å². The molecule has 0 saturated heterocycles. The largest absolute Gasteiger partial charge is 0.396 e. The molecule has 0 spiro atoms. The number of anilines is 1. The Bertz CT molecular complexity index is 393. The van der Waals surface area contributed by atoms with Crippen LogP contribution in [-0.2, 0) is 11.2 Å². The van der Waals surface area contributed by atoms with Crippen molar-refractivity contribution >= 4 is 27.5 Å². The number of hydrogen-bond acceptors (Lipinski definition) is 2. The molecule has 0 aliphatic carbocycles. The molecule has 0 aliphatic heterocycles. The third-order valence-electron chi connectivity index (χ3n) is 2.65. The number of carbonyl (C=O) groups is 1. The first-order valence-corrected chi connectivity index (χ1v) is 7.11. The number of aryl methyl sites for hydroxylation is 1. The maximum absolute atomic E-state index is 11.9. The minimum Gasteiger partial charge on any atom is -0.396 e. The van der Waals surface area contributed by atoms with Crippen molar-refractivity contribution in [1.82, 2.24) is 0 Å². The standard InChI is InChI=1S/C14H20BrNO2/c1-10(2)13(15)14(18)16-12-7-3-5-11(9-12)6-4-8-17/h3,5,7,9-10,13,17H,4,6,8H2,1-2H3,(H,16,18). The number of aliphatic hydroxyl groups excluding tert-OH is 1. The van der Waals surface area contributed by atoms with Gasteiger partial charge in [-0.1, -0.05) is 41.9 Å². The maximum Gasteiger partial charge on any atom is 0.238 e. The number of benzene rings is 1. The minimum absolute atomic E-state index is 0.0238. The van der Waals surface area contributed by atoms with E-state index in [-0.39, 0.29) is 23.3 Å². The van der Waals surface area contributed by atoms with Crippen molar-refractivity contribution in [2.45, 2.75) is 31.5 Å². The highest BCUT2D eigenvalue weighted by atomic mass is 79.9. The molecule has 0 fully saturated rings. The van der Waals surface area contributed by atoms with Crippen LogP contribution in [0.3, 0.4) is 0 Å². The Morgan fingerprint density at radius 1 is 1.44 bits per heavy atom. The SMILES string of the molecule is CC(C)C(Br)C(=O)Nc1cccc(CCCO)c1. The average molecular weight is 314 g/mol. The van der Waals surface area contributed by atoms with Crippen LogP contribution in [-0.4, -0.2) is 22.4 Å². The van der Waals surface area contributed by atoms with Crippen LogP contribution in [0.5, 0.6) is 0 Å². The van der Waals surface area contributed by atoms with Gasteiger partial charge < -0.3 is 10.4 Å². The summed E-state index contributed by atoms with van der Waals surface area (Å²) in [6, 6.07) is 7.74. The fourth-order valence-corrected chi connectivity index (χ4v) is 1.72. The second-order valence-corrected chi connectivity index (χ2v) is 5.65. The van der Waals surface area contributed by atoms with Gasteiger partial charge >= 0.3 is 0 Å². The topological polar surface area (TPSA) is 49.3 Å². The molecule has 1 aromatic rings. The molecule has 1 atom stereocenters. The molecule has 1 unspecified atom stereocenters. The van der Waals surface area contributed by atoms with Crippen LogP contribution in [0.4, 0.5) is 5.69 Å². The number of halogens is 1. The molecule has 0 aliphatic rings. The number of aliphatic hydroxyl groups is 1. The average Bonchev–Trinajstić information content (AvgIpc) is 2.35. The zero-order valence-corrected chi connectivity index (χ0v) is 12.4. The summed E-state index contributed by atoms with van der Waals surface area (Å²) in [7, 11) is 0. The molecule has 0 bridgehead atoms. The van der Waals surface area contributed by atoms with Crippen molar-refractivity contribution in [2.24, 2.45) is 5.92 Å². The zero-order valence-electron chi connectivity index (χ0n) is 10.8. The molecule has 1 amide bonds. The third kappa shape index (κ3) is 4.78. The highest BCUT2D eigenvalue weighted by molar-refractivity contribution is 9.10.